The van der Waals surface area contributed by atoms with Gasteiger partial charge in [-0.3, -0.25) is 9.69 Å². The number of hydrogen-bond acceptors (Lipinski definition) is 3. The number of esters is 1. The van der Waals surface area contributed by atoms with Crippen LogP contribution in [0.25, 0.3) is 0 Å². The molecule has 1 saturated carbocycles. The molecule has 0 N–H and O–H groups in total. The van der Waals surface area contributed by atoms with E-state index in [0.29, 0.717) is 6.61 Å². The molecule has 1 aromatic carbocycles. The number of rotatable bonds is 9. The molecule has 0 aromatic heterocycles. The van der Waals surface area contributed by atoms with Crippen molar-refractivity contribution in [2.24, 2.45) is 0 Å². The summed E-state index contributed by atoms with van der Waals surface area (Å²) in [5.74, 6) is -0.0401. The van der Waals surface area contributed by atoms with E-state index in [0.717, 1.165) is 50.9 Å². The zero-order valence-corrected chi connectivity index (χ0v) is 13.3. The Bertz CT molecular complexity index is 434. The van der Waals surface area contributed by atoms with E-state index in [1.165, 1.54) is 0 Å². The number of hydrogen-bond donors (Lipinski definition) is 0. The molecule has 0 radical (unpaired) electrons. The molecular weight excluding hydrogens is 262 g/mol. The van der Waals surface area contributed by atoms with Gasteiger partial charge in [0.1, 0.15) is 6.61 Å². The van der Waals surface area contributed by atoms with Crippen molar-refractivity contribution >= 4 is 5.97 Å². The fraction of sp³-hybridized carbons (Fsp3) is 0.611. The van der Waals surface area contributed by atoms with Crippen molar-refractivity contribution < 1.29 is 9.53 Å². The summed E-state index contributed by atoms with van der Waals surface area (Å²) in [7, 11) is 0. The molecule has 0 bridgehead atoms. The summed E-state index contributed by atoms with van der Waals surface area (Å²) in [5.41, 5.74) is 0.760. The van der Waals surface area contributed by atoms with Crippen LogP contribution in [0.5, 0.6) is 0 Å². The standard InChI is InChI=1S/C18H27NO2/c1-3-12-19(13-4-2)14-15-21-17(20)18(10-11-18)16-8-6-5-7-9-16/h5-9H,3-4,10-15H2,1-2H3. The van der Waals surface area contributed by atoms with Gasteiger partial charge in [0, 0.05) is 6.54 Å². The smallest absolute Gasteiger partial charge is 0.316 e. The Morgan fingerprint density at radius 1 is 1.10 bits per heavy atom. The zero-order valence-electron chi connectivity index (χ0n) is 13.3. The fourth-order valence-corrected chi connectivity index (χ4v) is 2.87. The van der Waals surface area contributed by atoms with Crippen LogP contribution in [0.3, 0.4) is 0 Å². The Morgan fingerprint density at radius 3 is 2.24 bits per heavy atom. The summed E-state index contributed by atoms with van der Waals surface area (Å²) in [6, 6.07) is 10.0. The third-order valence-electron chi connectivity index (χ3n) is 4.19. The van der Waals surface area contributed by atoms with Crippen LogP contribution in [0, 0.1) is 0 Å². The quantitative estimate of drug-likeness (QED) is 0.653. The Kier molecular flexibility index (Phi) is 5.80. The predicted molar refractivity (Wildman–Crippen MR) is 85.3 cm³/mol. The Balaban J connectivity index is 1.82. The molecule has 116 valence electrons. The van der Waals surface area contributed by atoms with E-state index in [1.807, 2.05) is 30.3 Å². The van der Waals surface area contributed by atoms with Crippen LogP contribution in [0.2, 0.25) is 0 Å². The molecular formula is C18H27NO2. The fourth-order valence-electron chi connectivity index (χ4n) is 2.87. The van der Waals surface area contributed by atoms with Gasteiger partial charge in [0.05, 0.1) is 5.41 Å². The second-order valence-corrected chi connectivity index (χ2v) is 5.93. The van der Waals surface area contributed by atoms with E-state index in [1.54, 1.807) is 0 Å². The van der Waals surface area contributed by atoms with Crippen molar-refractivity contribution in [3.05, 3.63) is 35.9 Å². The topological polar surface area (TPSA) is 29.5 Å². The maximum Gasteiger partial charge on any atom is 0.316 e. The van der Waals surface area contributed by atoms with Gasteiger partial charge in [-0.1, -0.05) is 44.2 Å². The lowest BCUT2D eigenvalue weighted by atomic mass is 9.96. The SMILES string of the molecule is CCCN(CCC)CCOC(=O)C1(c2ccccc2)CC1. The van der Waals surface area contributed by atoms with Crippen molar-refractivity contribution in [1.29, 1.82) is 0 Å². The highest BCUT2D eigenvalue weighted by molar-refractivity contribution is 5.86. The molecule has 0 spiro atoms. The van der Waals surface area contributed by atoms with Gasteiger partial charge in [0.25, 0.3) is 0 Å². The lowest BCUT2D eigenvalue weighted by molar-refractivity contribution is -0.147. The molecule has 1 aliphatic rings. The molecule has 3 nitrogen and oxygen atoms in total. The van der Waals surface area contributed by atoms with Gasteiger partial charge in [-0.25, -0.2) is 0 Å². The van der Waals surface area contributed by atoms with Gasteiger partial charge < -0.3 is 4.74 Å². The average Bonchev–Trinajstić information content (AvgIpc) is 3.30. The molecule has 0 aliphatic heterocycles. The van der Waals surface area contributed by atoms with Crippen LogP contribution in [-0.2, 0) is 14.9 Å². The zero-order chi connectivity index (χ0) is 15.1. The van der Waals surface area contributed by atoms with Crippen LogP contribution in [-0.4, -0.2) is 37.1 Å². The summed E-state index contributed by atoms with van der Waals surface area (Å²) >= 11 is 0. The average molecular weight is 289 g/mol. The summed E-state index contributed by atoms with van der Waals surface area (Å²) in [4.78, 5) is 14.8. The molecule has 0 atom stereocenters. The normalized spacial score (nSPS) is 16.0. The van der Waals surface area contributed by atoms with E-state index in [4.69, 9.17) is 4.74 Å². The molecule has 1 aliphatic carbocycles. The molecule has 2 rings (SSSR count). The van der Waals surface area contributed by atoms with Gasteiger partial charge in [-0.2, -0.15) is 0 Å². The molecule has 0 heterocycles. The first-order valence-corrected chi connectivity index (χ1v) is 8.18. The van der Waals surface area contributed by atoms with E-state index in [-0.39, 0.29) is 11.4 Å². The van der Waals surface area contributed by atoms with Crippen molar-refractivity contribution in [1.82, 2.24) is 4.90 Å². The van der Waals surface area contributed by atoms with Crippen LogP contribution in [0.15, 0.2) is 30.3 Å². The molecule has 3 heteroatoms. The number of ether oxygens (including phenoxy) is 1. The van der Waals surface area contributed by atoms with Crippen molar-refractivity contribution in [2.75, 3.05) is 26.2 Å². The maximum absolute atomic E-state index is 12.4. The molecule has 21 heavy (non-hydrogen) atoms. The van der Waals surface area contributed by atoms with Crippen LogP contribution in [0.4, 0.5) is 0 Å². The first kappa shape index (κ1) is 16.0. The van der Waals surface area contributed by atoms with Crippen molar-refractivity contribution in [3.63, 3.8) is 0 Å². The number of carbonyl (C=O) groups is 1. The number of benzene rings is 1. The van der Waals surface area contributed by atoms with Crippen LogP contribution in [0.1, 0.15) is 45.1 Å². The minimum Gasteiger partial charge on any atom is -0.464 e. The third kappa shape index (κ3) is 4.07. The lowest BCUT2D eigenvalue weighted by Gasteiger charge is -2.21. The van der Waals surface area contributed by atoms with Gasteiger partial charge in [0.15, 0.2) is 0 Å². The summed E-state index contributed by atoms with van der Waals surface area (Å²) in [5, 5.41) is 0. The van der Waals surface area contributed by atoms with E-state index in [9.17, 15) is 4.79 Å². The van der Waals surface area contributed by atoms with Crippen LogP contribution < -0.4 is 0 Å². The first-order valence-electron chi connectivity index (χ1n) is 8.18. The highest BCUT2D eigenvalue weighted by Crippen LogP contribution is 2.49. The van der Waals surface area contributed by atoms with E-state index >= 15 is 0 Å². The minimum atomic E-state index is -0.346. The Hall–Kier alpha value is -1.35. The monoisotopic (exact) mass is 289 g/mol. The first-order chi connectivity index (χ1) is 10.2. The molecule has 1 fully saturated rings. The van der Waals surface area contributed by atoms with Gasteiger partial charge in [-0.05, 0) is 44.3 Å². The van der Waals surface area contributed by atoms with Gasteiger partial charge in [-0.15, -0.1) is 0 Å². The van der Waals surface area contributed by atoms with E-state index < -0.39 is 0 Å². The Morgan fingerprint density at radius 2 is 1.71 bits per heavy atom. The number of nitrogens with zero attached hydrogens (tertiary/aromatic N) is 1. The number of carbonyl (C=O) groups excluding carboxylic acids is 1. The lowest BCUT2D eigenvalue weighted by Crippen LogP contribution is -2.32. The van der Waals surface area contributed by atoms with Gasteiger partial charge in [0.2, 0.25) is 0 Å². The highest BCUT2D eigenvalue weighted by atomic mass is 16.5. The van der Waals surface area contributed by atoms with Crippen LogP contribution >= 0.6 is 0 Å². The Labute approximate surface area is 128 Å². The minimum absolute atomic E-state index is 0.0401. The maximum atomic E-state index is 12.4. The second kappa shape index (κ2) is 7.60. The van der Waals surface area contributed by atoms with E-state index in [2.05, 4.69) is 18.7 Å². The molecule has 1 aromatic rings. The van der Waals surface area contributed by atoms with Crippen molar-refractivity contribution in [3.8, 4) is 0 Å². The molecule has 0 amide bonds. The van der Waals surface area contributed by atoms with Crippen molar-refractivity contribution in [2.45, 2.75) is 44.9 Å². The second-order valence-electron chi connectivity index (χ2n) is 5.93. The summed E-state index contributed by atoms with van der Waals surface area (Å²) < 4.78 is 5.57. The van der Waals surface area contributed by atoms with Gasteiger partial charge >= 0.3 is 5.97 Å². The summed E-state index contributed by atoms with van der Waals surface area (Å²) in [6.45, 7) is 7.88. The highest BCUT2D eigenvalue weighted by Gasteiger charge is 2.52. The summed E-state index contributed by atoms with van der Waals surface area (Å²) in [6.07, 6.45) is 4.12. The third-order valence-corrected chi connectivity index (χ3v) is 4.19. The molecule has 0 unspecified atom stereocenters. The largest absolute Gasteiger partial charge is 0.464 e. The molecule has 0 saturated heterocycles. The predicted octanol–water partition coefficient (Wildman–Crippen LogP) is 3.38.